The van der Waals surface area contributed by atoms with E-state index in [2.05, 4.69) is 16.3 Å². The molecule has 1 atom stereocenters. The van der Waals surface area contributed by atoms with Gasteiger partial charge in [0.05, 0.1) is 11.3 Å². The third-order valence-electron chi connectivity index (χ3n) is 7.85. The van der Waals surface area contributed by atoms with Gasteiger partial charge in [-0.1, -0.05) is 18.2 Å². The minimum Gasteiger partial charge on any atom is -0.446 e. The summed E-state index contributed by atoms with van der Waals surface area (Å²) in [4.78, 5) is 30.5. The molecule has 10 heteroatoms. The van der Waals surface area contributed by atoms with Gasteiger partial charge in [-0.15, -0.1) is 0 Å². The van der Waals surface area contributed by atoms with Crippen molar-refractivity contribution in [3.63, 3.8) is 0 Å². The molecule has 3 amide bonds. The zero-order valence-electron chi connectivity index (χ0n) is 21.1. The van der Waals surface area contributed by atoms with Gasteiger partial charge in [0.25, 0.3) is 0 Å². The molecule has 3 fully saturated rings. The van der Waals surface area contributed by atoms with Crippen molar-refractivity contribution in [2.75, 3.05) is 44.2 Å². The normalized spacial score (nSPS) is 20.9. The fraction of sp³-hybridized carbons (Fsp3) is 0.464. The summed E-state index contributed by atoms with van der Waals surface area (Å²) in [5.41, 5.74) is 2.03. The molecular weight excluding hydrogens is 492 g/mol. The average molecular weight is 524 g/mol. The summed E-state index contributed by atoms with van der Waals surface area (Å²) in [6.45, 7) is 3.61. The fourth-order valence-corrected chi connectivity index (χ4v) is 5.58. The first-order valence-electron chi connectivity index (χ1n) is 13.1. The number of imide groups is 1. The van der Waals surface area contributed by atoms with Crippen molar-refractivity contribution in [1.82, 2.24) is 15.1 Å². The molecule has 0 aliphatic carbocycles. The van der Waals surface area contributed by atoms with E-state index in [9.17, 15) is 23.6 Å². The molecule has 3 aliphatic heterocycles. The van der Waals surface area contributed by atoms with Gasteiger partial charge >= 0.3 is 12.1 Å². The second kappa shape index (κ2) is 11.4. The number of halogens is 2. The molecule has 0 saturated carbocycles. The number of hydrogen-bond acceptors (Lipinski definition) is 6. The average Bonchev–Trinajstić information content (AvgIpc) is 3.34. The van der Waals surface area contributed by atoms with Crippen molar-refractivity contribution >= 4 is 17.8 Å². The Bertz CT molecular complexity index is 1220. The standard InChI is InChI=1S/C28H31F2N5O3/c29-23-6-5-20(15-24(23)30)26-18-38-28(37)35(26)27(36)34-11-7-19(8-12-34)17-32-22-9-13-33(14-10-22)25-4-2-1-3-21(25)16-31/h1-6,15,19,22,26,32H,7-14,17-18H2. The highest BCUT2D eigenvalue weighted by Crippen LogP contribution is 2.31. The van der Waals surface area contributed by atoms with Crippen LogP contribution >= 0.6 is 0 Å². The molecule has 2 aromatic rings. The topological polar surface area (TPSA) is 88.9 Å². The van der Waals surface area contributed by atoms with Crippen LogP contribution in [0.25, 0.3) is 0 Å². The van der Waals surface area contributed by atoms with Gasteiger partial charge in [0.1, 0.15) is 18.7 Å². The van der Waals surface area contributed by atoms with E-state index in [1.165, 1.54) is 6.07 Å². The summed E-state index contributed by atoms with van der Waals surface area (Å²) < 4.78 is 32.2. The number of piperidine rings is 2. The summed E-state index contributed by atoms with van der Waals surface area (Å²) in [6.07, 6.45) is 2.86. The van der Waals surface area contributed by atoms with Crippen LogP contribution in [-0.2, 0) is 4.74 Å². The number of amides is 3. The Balaban J connectivity index is 1.09. The maximum atomic E-state index is 13.8. The first kappa shape index (κ1) is 25.9. The fourth-order valence-electron chi connectivity index (χ4n) is 5.58. The molecule has 0 spiro atoms. The lowest BCUT2D eigenvalue weighted by Crippen LogP contribution is -2.49. The van der Waals surface area contributed by atoms with E-state index in [1.54, 1.807) is 4.90 Å². The number of carbonyl (C=O) groups is 2. The van der Waals surface area contributed by atoms with Crippen LogP contribution in [0.5, 0.6) is 0 Å². The number of rotatable bonds is 5. The molecule has 3 saturated heterocycles. The van der Waals surface area contributed by atoms with Gasteiger partial charge in [-0.2, -0.15) is 5.26 Å². The minimum atomic E-state index is -1.03. The van der Waals surface area contributed by atoms with Gasteiger partial charge in [0, 0.05) is 32.2 Å². The Hall–Kier alpha value is -3.71. The number of carbonyl (C=O) groups excluding carboxylic acids is 2. The first-order chi connectivity index (χ1) is 18.4. The number of urea groups is 1. The summed E-state index contributed by atoms with van der Waals surface area (Å²) in [6, 6.07) is 12.5. The smallest absolute Gasteiger partial charge is 0.418 e. The van der Waals surface area contributed by atoms with E-state index in [-0.39, 0.29) is 6.61 Å². The second-order valence-electron chi connectivity index (χ2n) is 10.1. The van der Waals surface area contributed by atoms with E-state index in [1.807, 2.05) is 24.3 Å². The number of cyclic esters (lactones) is 1. The van der Waals surface area contributed by atoms with E-state index in [4.69, 9.17) is 4.74 Å². The molecule has 0 bridgehead atoms. The predicted octanol–water partition coefficient (Wildman–Crippen LogP) is 4.42. The number of benzene rings is 2. The number of para-hydroxylation sites is 1. The monoisotopic (exact) mass is 523 g/mol. The van der Waals surface area contributed by atoms with Crippen molar-refractivity contribution in [1.29, 1.82) is 5.26 Å². The number of nitrogens with zero attached hydrogens (tertiary/aromatic N) is 4. The lowest BCUT2D eigenvalue weighted by atomic mass is 9.95. The van der Waals surface area contributed by atoms with Crippen molar-refractivity contribution in [2.45, 2.75) is 37.8 Å². The summed E-state index contributed by atoms with van der Waals surface area (Å²) in [5.74, 6) is -1.59. The molecule has 200 valence electrons. The number of hydrogen-bond donors (Lipinski definition) is 1. The zero-order valence-corrected chi connectivity index (χ0v) is 21.1. The van der Waals surface area contributed by atoms with Crippen LogP contribution in [0.15, 0.2) is 42.5 Å². The van der Waals surface area contributed by atoms with Crippen LogP contribution < -0.4 is 10.2 Å². The van der Waals surface area contributed by atoms with Gasteiger partial charge in [0.15, 0.2) is 11.6 Å². The van der Waals surface area contributed by atoms with Crippen molar-refractivity contribution in [3.8, 4) is 6.07 Å². The van der Waals surface area contributed by atoms with Gasteiger partial charge in [0.2, 0.25) is 0 Å². The van der Waals surface area contributed by atoms with E-state index in [0.29, 0.717) is 36.2 Å². The number of likely N-dealkylation sites (tertiary alicyclic amines) is 1. The first-order valence-corrected chi connectivity index (χ1v) is 13.1. The lowest BCUT2D eigenvalue weighted by Gasteiger charge is -2.37. The second-order valence-corrected chi connectivity index (χ2v) is 10.1. The van der Waals surface area contributed by atoms with Crippen molar-refractivity contribution in [3.05, 3.63) is 65.2 Å². The Morgan fingerprint density at radius 2 is 1.76 bits per heavy atom. The zero-order chi connectivity index (χ0) is 26.6. The van der Waals surface area contributed by atoms with Gasteiger partial charge in [-0.3, -0.25) is 0 Å². The molecule has 1 unspecified atom stereocenters. The van der Waals surface area contributed by atoms with Crippen LogP contribution in [0, 0.1) is 28.9 Å². The van der Waals surface area contributed by atoms with Crippen LogP contribution in [0.3, 0.4) is 0 Å². The van der Waals surface area contributed by atoms with Crippen LogP contribution in [0.1, 0.15) is 42.9 Å². The molecule has 0 radical (unpaired) electrons. The minimum absolute atomic E-state index is 0.0864. The number of nitrogens with one attached hydrogen (secondary N) is 1. The summed E-state index contributed by atoms with van der Waals surface area (Å²) >= 11 is 0. The highest BCUT2D eigenvalue weighted by atomic mass is 19.2. The van der Waals surface area contributed by atoms with Crippen LogP contribution in [0.2, 0.25) is 0 Å². The molecule has 38 heavy (non-hydrogen) atoms. The number of anilines is 1. The van der Waals surface area contributed by atoms with E-state index < -0.39 is 29.8 Å². The SMILES string of the molecule is N#Cc1ccccc1N1CCC(NCC2CCN(C(=O)N3C(=O)OCC3c3ccc(F)c(F)c3)CC2)CC1. The van der Waals surface area contributed by atoms with Crippen molar-refractivity contribution < 1.29 is 23.1 Å². The molecule has 5 rings (SSSR count). The maximum absolute atomic E-state index is 13.8. The van der Waals surface area contributed by atoms with Gasteiger partial charge < -0.3 is 19.9 Å². The molecule has 1 N–H and O–H groups in total. The largest absolute Gasteiger partial charge is 0.446 e. The highest BCUT2D eigenvalue weighted by molar-refractivity contribution is 5.92. The summed E-state index contributed by atoms with van der Waals surface area (Å²) in [7, 11) is 0. The quantitative estimate of drug-likeness (QED) is 0.624. The summed E-state index contributed by atoms with van der Waals surface area (Å²) in [5, 5.41) is 13.1. The van der Waals surface area contributed by atoms with Crippen LogP contribution in [0.4, 0.5) is 24.1 Å². The van der Waals surface area contributed by atoms with E-state index in [0.717, 1.165) is 68.0 Å². The Morgan fingerprint density at radius 1 is 1.03 bits per heavy atom. The highest BCUT2D eigenvalue weighted by Gasteiger charge is 2.42. The maximum Gasteiger partial charge on any atom is 0.418 e. The van der Waals surface area contributed by atoms with E-state index >= 15 is 0 Å². The molecule has 0 aromatic heterocycles. The third kappa shape index (κ3) is 5.43. The number of nitriles is 1. The molecule has 3 aliphatic rings. The lowest BCUT2D eigenvalue weighted by molar-refractivity contribution is 0.126. The third-order valence-corrected chi connectivity index (χ3v) is 7.85. The Morgan fingerprint density at radius 3 is 2.47 bits per heavy atom. The molecule has 2 aromatic carbocycles. The van der Waals surface area contributed by atoms with Gasteiger partial charge in [-0.05, 0) is 68.0 Å². The Kier molecular flexibility index (Phi) is 7.74. The Labute approximate surface area is 220 Å². The number of ether oxygens (including phenoxy) is 1. The predicted molar refractivity (Wildman–Crippen MR) is 136 cm³/mol. The molecule has 3 heterocycles. The van der Waals surface area contributed by atoms with Gasteiger partial charge in [-0.25, -0.2) is 23.3 Å². The van der Waals surface area contributed by atoms with Crippen LogP contribution in [-0.4, -0.2) is 67.3 Å². The van der Waals surface area contributed by atoms with Crippen molar-refractivity contribution in [2.24, 2.45) is 5.92 Å². The molecular formula is C28H31F2N5O3. The molecule has 8 nitrogen and oxygen atoms in total.